The van der Waals surface area contributed by atoms with E-state index in [-0.39, 0.29) is 0 Å². The Kier molecular flexibility index (Phi) is 3.79. The summed E-state index contributed by atoms with van der Waals surface area (Å²) < 4.78 is 5.26. The third-order valence-corrected chi connectivity index (χ3v) is 3.55. The lowest BCUT2D eigenvalue weighted by Crippen LogP contribution is -2.05. The van der Waals surface area contributed by atoms with Gasteiger partial charge in [0.1, 0.15) is 5.75 Å². The number of pyridine rings is 2. The lowest BCUT2D eigenvalue weighted by molar-refractivity contribution is 0.174. The average Bonchev–Trinajstić information content (AvgIpc) is 2.55. The first-order chi connectivity index (χ1) is 10.3. The lowest BCUT2D eigenvalue weighted by Gasteiger charge is -2.15. The number of aromatic nitrogens is 2. The zero-order chi connectivity index (χ0) is 14.7. The highest BCUT2D eigenvalue weighted by molar-refractivity contribution is 5.81. The molecular formula is C17H16N2O2. The molecule has 21 heavy (non-hydrogen) atoms. The Bertz CT molecular complexity index is 753. The number of para-hydroxylation sites is 1. The molecule has 4 nitrogen and oxygen atoms in total. The molecule has 1 unspecified atom stereocenters. The number of hydrogen-bond acceptors (Lipinski definition) is 4. The summed E-state index contributed by atoms with van der Waals surface area (Å²) in [6, 6.07) is 11.7. The third kappa shape index (κ3) is 2.71. The third-order valence-electron chi connectivity index (χ3n) is 3.55. The molecule has 0 spiro atoms. The summed E-state index contributed by atoms with van der Waals surface area (Å²) >= 11 is 0. The number of aliphatic hydroxyl groups is 1. The topological polar surface area (TPSA) is 55.2 Å². The summed E-state index contributed by atoms with van der Waals surface area (Å²) in [7, 11) is 1.58. The molecule has 0 fully saturated rings. The minimum absolute atomic E-state index is 0.503. The molecule has 1 aromatic carbocycles. The zero-order valence-corrected chi connectivity index (χ0v) is 11.7. The second-order valence-corrected chi connectivity index (χ2v) is 4.82. The second kappa shape index (κ2) is 5.89. The molecule has 0 amide bonds. The average molecular weight is 280 g/mol. The van der Waals surface area contributed by atoms with E-state index in [1.165, 1.54) is 0 Å². The SMILES string of the molecule is COc1cnccc1C(O)Cc1ccnc2ccccc12. The monoisotopic (exact) mass is 280 g/mol. The highest BCUT2D eigenvalue weighted by Crippen LogP contribution is 2.28. The van der Waals surface area contributed by atoms with Crippen LogP contribution in [-0.4, -0.2) is 22.2 Å². The quantitative estimate of drug-likeness (QED) is 0.798. The van der Waals surface area contributed by atoms with Crippen LogP contribution in [0.25, 0.3) is 10.9 Å². The highest BCUT2D eigenvalue weighted by atomic mass is 16.5. The van der Waals surface area contributed by atoms with E-state index < -0.39 is 6.10 Å². The number of aliphatic hydroxyl groups excluding tert-OH is 1. The standard InChI is InChI=1S/C17H16N2O2/c1-21-17-11-18-8-7-14(17)16(20)10-12-6-9-19-15-5-3-2-4-13(12)15/h2-9,11,16,20H,10H2,1H3. The van der Waals surface area contributed by atoms with Crippen molar-refractivity contribution < 1.29 is 9.84 Å². The Morgan fingerprint density at radius 1 is 1.14 bits per heavy atom. The van der Waals surface area contributed by atoms with Gasteiger partial charge in [0.25, 0.3) is 0 Å². The highest BCUT2D eigenvalue weighted by Gasteiger charge is 2.15. The molecule has 4 heteroatoms. The number of fused-ring (bicyclic) bond motifs is 1. The molecule has 2 heterocycles. The van der Waals surface area contributed by atoms with E-state index in [9.17, 15) is 5.11 Å². The van der Waals surface area contributed by atoms with Gasteiger partial charge in [-0.05, 0) is 23.8 Å². The van der Waals surface area contributed by atoms with Gasteiger partial charge in [0.05, 0.1) is 24.9 Å². The van der Waals surface area contributed by atoms with Crippen molar-refractivity contribution in [2.45, 2.75) is 12.5 Å². The largest absolute Gasteiger partial charge is 0.495 e. The summed E-state index contributed by atoms with van der Waals surface area (Å²) in [6.45, 7) is 0. The lowest BCUT2D eigenvalue weighted by atomic mass is 9.99. The van der Waals surface area contributed by atoms with E-state index in [1.807, 2.05) is 30.3 Å². The van der Waals surface area contributed by atoms with Crippen LogP contribution in [0.5, 0.6) is 5.75 Å². The van der Waals surface area contributed by atoms with Crippen molar-refractivity contribution in [2.75, 3.05) is 7.11 Å². The Labute approximate surface area is 123 Å². The van der Waals surface area contributed by atoms with E-state index in [0.717, 1.165) is 22.0 Å². The van der Waals surface area contributed by atoms with Crippen molar-refractivity contribution in [2.24, 2.45) is 0 Å². The number of rotatable bonds is 4. The molecule has 3 rings (SSSR count). The number of nitrogens with zero attached hydrogens (tertiary/aromatic N) is 2. The predicted molar refractivity (Wildman–Crippen MR) is 81.2 cm³/mol. The molecule has 1 atom stereocenters. The van der Waals surface area contributed by atoms with Crippen LogP contribution in [0.1, 0.15) is 17.2 Å². The van der Waals surface area contributed by atoms with Crippen LogP contribution in [0.3, 0.4) is 0 Å². The van der Waals surface area contributed by atoms with Crippen molar-refractivity contribution >= 4 is 10.9 Å². The first kappa shape index (κ1) is 13.5. The van der Waals surface area contributed by atoms with E-state index in [2.05, 4.69) is 9.97 Å². The predicted octanol–water partition coefficient (Wildman–Crippen LogP) is 2.91. The van der Waals surface area contributed by atoms with Gasteiger partial charge in [-0.25, -0.2) is 0 Å². The minimum atomic E-state index is -0.645. The Morgan fingerprint density at radius 3 is 2.86 bits per heavy atom. The maximum Gasteiger partial charge on any atom is 0.142 e. The number of ether oxygens (including phenoxy) is 1. The van der Waals surface area contributed by atoms with Crippen LogP contribution in [-0.2, 0) is 6.42 Å². The van der Waals surface area contributed by atoms with Gasteiger partial charge in [-0.15, -0.1) is 0 Å². The first-order valence-electron chi connectivity index (χ1n) is 6.78. The van der Waals surface area contributed by atoms with Gasteiger partial charge < -0.3 is 9.84 Å². The maximum absolute atomic E-state index is 10.5. The summed E-state index contributed by atoms with van der Waals surface area (Å²) in [5.74, 6) is 0.600. The van der Waals surface area contributed by atoms with E-state index in [4.69, 9.17) is 4.74 Å². The zero-order valence-electron chi connectivity index (χ0n) is 11.7. The fourth-order valence-corrected chi connectivity index (χ4v) is 2.49. The molecule has 0 radical (unpaired) electrons. The van der Waals surface area contributed by atoms with Gasteiger partial charge in [0, 0.05) is 29.8 Å². The molecule has 106 valence electrons. The fourth-order valence-electron chi connectivity index (χ4n) is 2.49. The number of methoxy groups -OCH3 is 1. The summed E-state index contributed by atoms with van der Waals surface area (Å²) in [5.41, 5.74) is 2.74. The Hall–Kier alpha value is -2.46. The molecule has 2 aromatic heterocycles. The normalized spacial score (nSPS) is 12.3. The van der Waals surface area contributed by atoms with Crippen molar-refractivity contribution in [3.63, 3.8) is 0 Å². The van der Waals surface area contributed by atoms with Crippen LogP contribution < -0.4 is 4.74 Å². The Balaban J connectivity index is 1.95. The van der Waals surface area contributed by atoms with Crippen molar-refractivity contribution in [1.29, 1.82) is 0 Å². The van der Waals surface area contributed by atoms with Gasteiger partial charge in [-0.3, -0.25) is 9.97 Å². The molecule has 0 bridgehead atoms. The first-order valence-corrected chi connectivity index (χ1v) is 6.78. The van der Waals surface area contributed by atoms with Crippen molar-refractivity contribution in [3.8, 4) is 5.75 Å². The van der Waals surface area contributed by atoms with Crippen LogP contribution >= 0.6 is 0 Å². The van der Waals surface area contributed by atoms with Crippen LogP contribution in [0.4, 0.5) is 0 Å². The molecule has 0 aliphatic carbocycles. The fraction of sp³-hybridized carbons (Fsp3) is 0.176. The molecule has 0 saturated heterocycles. The van der Waals surface area contributed by atoms with Crippen molar-refractivity contribution in [1.82, 2.24) is 9.97 Å². The molecule has 1 N–H and O–H groups in total. The molecule has 0 aliphatic heterocycles. The van der Waals surface area contributed by atoms with E-state index in [0.29, 0.717) is 12.2 Å². The summed E-state index contributed by atoms with van der Waals surface area (Å²) in [6.07, 6.45) is 4.90. The molecule has 0 saturated carbocycles. The van der Waals surface area contributed by atoms with Crippen molar-refractivity contribution in [3.05, 3.63) is 66.1 Å². The van der Waals surface area contributed by atoms with Gasteiger partial charge in [0.15, 0.2) is 0 Å². The van der Waals surface area contributed by atoms with Crippen LogP contribution in [0.15, 0.2) is 55.0 Å². The van der Waals surface area contributed by atoms with Crippen LogP contribution in [0, 0.1) is 0 Å². The Morgan fingerprint density at radius 2 is 2.00 bits per heavy atom. The smallest absolute Gasteiger partial charge is 0.142 e. The number of hydrogen-bond donors (Lipinski definition) is 1. The van der Waals surface area contributed by atoms with Gasteiger partial charge in [-0.1, -0.05) is 18.2 Å². The minimum Gasteiger partial charge on any atom is -0.495 e. The van der Waals surface area contributed by atoms with Crippen LogP contribution in [0.2, 0.25) is 0 Å². The molecule has 3 aromatic rings. The van der Waals surface area contributed by atoms with E-state index in [1.54, 1.807) is 31.8 Å². The van der Waals surface area contributed by atoms with Gasteiger partial charge in [-0.2, -0.15) is 0 Å². The van der Waals surface area contributed by atoms with Gasteiger partial charge in [0.2, 0.25) is 0 Å². The van der Waals surface area contributed by atoms with Gasteiger partial charge >= 0.3 is 0 Å². The van der Waals surface area contributed by atoms with E-state index >= 15 is 0 Å². The second-order valence-electron chi connectivity index (χ2n) is 4.82. The molecular weight excluding hydrogens is 264 g/mol. The summed E-state index contributed by atoms with van der Waals surface area (Å²) in [4.78, 5) is 8.35. The number of benzene rings is 1. The summed E-state index contributed by atoms with van der Waals surface area (Å²) in [5, 5.41) is 11.6. The maximum atomic E-state index is 10.5. The molecule has 0 aliphatic rings.